The molecule has 6 nitrogen and oxygen atoms in total. The van der Waals surface area contributed by atoms with Gasteiger partial charge in [0, 0.05) is 31.4 Å². The van der Waals surface area contributed by atoms with E-state index in [0.717, 1.165) is 17.7 Å². The fraction of sp³-hybridized carbons (Fsp3) is 0.500. The van der Waals surface area contributed by atoms with Gasteiger partial charge in [-0.3, -0.25) is 14.7 Å². The van der Waals surface area contributed by atoms with E-state index in [1.807, 2.05) is 18.7 Å². The van der Waals surface area contributed by atoms with Crippen molar-refractivity contribution in [3.8, 4) is 0 Å². The van der Waals surface area contributed by atoms with Crippen molar-refractivity contribution >= 4 is 12.3 Å². The molecule has 0 aliphatic carbocycles. The number of rotatable bonds is 7. The number of nitrogens with one attached hydrogen (secondary N) is 1. The molecule has 1 unspecified atom stereocenters. The highest BCUT2D eigenvalue weighted by Gasteiger charge is 2.38. The van der Waals surface area contributed by atoms with E-state index >= 15 is 0 Å². The SMILES string of the molecule is C=CCC(C)(CC=C)C(=O)N1CCN(C=O)C(c2c[nH]nc2C)C1. The van der Waals surface area contributed by atoms with Gasteiger partial charge in [-0.2, -0.15) is 5.10 Å². The Morgan fingerprint density at radius 3 is 2.58 bits per heavy atom. The van der Waals surface area contributed by atoms with Gasteiger partial charge >= 0.3 is 0 Å². The van der Waals surface area contributed by atoms with Crippen LogP contribution in [0.15, 0.2) is 31.5 Å². The quantitative estimate of drug-likeness (QED) is 0.615. The first-order valence-corrected chi connectivity index (χ1v) is 8.19. The Kier molecular flexibility index (Phi) is 5.59. The van der Waals surface area contributed by atoms with Gasteiger partial charge in [-0.15, -0.1) is 13.2 Å². The molecule has 0 saturated carbocycles. The zero-order valence-electron chi connectivity index (χ0n) is 14.5. The van der Waals surface area contributed by atoms with Crippen LogP contribution in [-0.4, -0.2) is 51.9 Å². The Hall–Kier alpha value is -2.37. The van der Waals surface area contributed by atoms with E-state index in [2.05, 4.69) is 23.4 Å². The molecular weight excluding hydrogens is 304 g/mol. The molecule has 6 heteroatoms. The number of piperazine rings is 1. The first kappa shape index (κ1) is 18.0. The first-order valence-electron chi connectivity index (χ1n) is 8.19. The average molecular weight is 330 g/mol. The smallest absolute Gasteiger partial charge is 0.229 e. The molecule has 2 heterocycles. The lowest BCUT2D eigenvalue weighted by Crippen LogP contribution is -2.53. The number of carbonyl (C=O) groups is 2. The van der Waals surface area contributed by atoms with E-state index in [4.69, 9.17) is 0 Å². The third-order valence-electron chi connectivity index (χ3n) is 4.78. The Bertz CT molecular complexity index is 612. The van der Waals surface area contributed by atoms with Gasteiger partial charge in [0.2, 0.25) is 12.3 Å². The predicted octanol–water partition coefficient (Wildman–Crippen LogP) is 2.22. The largest absolute Gasteiger partial charge is 0.338 e. The third-order valence-corrected chi connectivity index (χ3v) is 4.78. The highest BCUT2D eigenvalue weighted by molar-refractivity contribution is 5.83. The summed E-state index contributed by atoms with van der Waals surface area (Å²) in [6, 6.07) is -0.171. The van der Waals surface area contributed by atoms with Gasteiger partial charge in [0.05, 0.1) is 17.2 Å². The van der Waals surface area contributed by atoms with Crippen LogP contribution in [0.1, 0.15) is 37.1 Å². The first-order chi connectivity index (χ1) is 11.5. The summed E-state index contributed by atoms with van der Waals surface area (Å²) in [5.74, 6) is 0.0824. The lowest BCUT2D eigenvalue weighted by atomic mass is 9.81. The molecule has 24 heavy (non-hydrogen) atoms. The molecule has 1 aromatic heterocycles. The molecule has 1 atom stereocenters. The topological polar surface area (TPSA) is 69.3 Å². The normalized spacial score (nSPS) is 18.3. The molecule has 1 fully saturated rings. The average Bonchev–Trinajstić information content (AvgIpc) is 3.00. The second-order valence-electron chi connectivity index (χ2n) is 6.58. The highest BCUT2D eigenvalue weighted by atomic mass is 16.2. The Balaban J connectivity index is 2.24. The minimum Gasteiger partial charge on any atom is -0.338 e. The molecule has 1 aromatic rings. The van der Waals surface area contributed by atoms with Gasteiger partial charge in [0.1, 0.15) is 0 Å². The number of H-pyrrole nitrogens is 1. The third kappa shape index (κ3) is 3.42. The summed E-state index contributed by atoms with van der Waals surface area (Å²) in [6.07, 6.45) is 7.41. The summed E-state index contributed by atoms with van der Waals surface area (Å²) >= 11 is 0. The summed E-state index contributed by atoms with van der Waals surface area (Å²) in [5.41, 5.74) is 1.26. The van der Waals surface area contributed by atoms with Crippen molar-refractivity contribution in [2.75, 3.05) is 19.6 Å². The van der Waals surface area contributed by atoms with Crippen LogP contribution in [0.4, 0.5) is 0 Å². The van der Waals surface area contributed by atoms with E-state index in [0.29, 0.717) is 32.5 Å². The fourth-order valence-electron chi connectivity index (χ4n) is 3.37. The minimum absolute atomic E-state index is 0.0824. The predicted molar refractivity (Wildman–Crippen MR) is 93.2 cm³/mol. The summed E-state index contributed by atoms with van der Waals surface area (Å²) < 4.78 is 0. The standard InChI is InChI=1S/C18H26N4O2/c1-5-7-18(4,8-6-2)17(24)21-9-10-22(13-23)16(12-21)15-11-19-20-14(15)3/h5-6,11,13,16H,1-2,7-10,12H2,3-4H3,(H,19,20). The Morgan fingerprint density at radius 1 is 1.42 bits per heavy atom. The number of allylic oxidation sites excluding steroid dienone is 2. The lowest BCUT2D eigenvalue weighted by molar-refractivity contribution is -0.146. The summed E-state index contributed by atoms with van der Waals surface area (Å²) in [7, 11) is 0. The van der Waals surface area contributed by atoms with Crippen LogP contribution < -0.4 is 0 Å². The number of hydrogen-bond acceptors (Lipinski definition) is 3. The van der Waals surface area contributed by atoms with Gasteiger partial charge in [-0.1, -0.05) is 19.1 Å². The maximum Gasteiger partial charge on any atom is 0.229 e. The Morgan fingerprint density at radius 2 is 2.08 bits per heavy atom. The fourth-order valence-corrected chi connectivity index (χ4v) is 3.37. The monoisotopic (exact) mass is 330 g/mol. The van der Waals surface area contributed by atoms with Crippen LogP contribution in [-0.2, 0) is 9.59 Å². The zero-order valence-corrected chi connectivity index (χ0v) is 14.5. The molecule has 1 N–H and O–H groups in total. The number of aryl methyl sites for hydroxylation is 1. The number of amides is 2. The van der Waals surface area contributed by atoms with Crippen molar-refractivity contribution in [2.24, 2.45) is 5.41 Å². The molecule has 1 saturated heterocycles. The molecule has 2 amide bonds. The van der Waals surface area contributed by atoms with Gasteiger partial charge in [-0.05, 0) is 19.8 Å². The Labute approximate surface area is 143 Å². The van der Waals surface area contributed by atoms with Gasteiger partial charge < -0.3 is 9.80 Å². The van der Waals surface area contributed by atoms with Gasteiger partial charge in [0.25, 0.3) is 0 Å². The van der Waals surface area contributed by atoms with E-state index < -0.39 is 5.41 Å². The van der Waals surface area contributed by atoms with Crippen molar-refractivity contribution in [1.82, 2.24) is 20.0 Å². The molecule has 1 aliphatic heterocycles. The number of hydrogen-bond donors (Lipinski definition) is 1. The van der Waals surface area contributed by atoms with Crippen molar-refractivity contribution in [2.45, 2.75) is 32.7 Å². The van der Waals surface area contributed by atoms with Crippen LogP contribution in [0, 0.1) is 12.3 Å². The second-order valence-corrected chi connectivity index (χ2v) is 6.58. The van der Waals surface area contributed by atoms with E-state index in [9.17, 15) is 9.59 Å². The van der Waals surface area contributed by atoms with Gasteiger partial charge in [-0.25, -0.2) is 0 Å². The molecule has 0 radical (unpaired) electrons. The maximum absolute atomic E-state index is 13.1. The molecule has 0 bridgehead atoms. The second kappa shape index (κ2) is 7.47. The van der Waals surface area contributed by atoms with Crippen LogP contribution in [0.5, 0.6) is 0 Å². The van der Waals surface area contributed by atoms with Crippen molar-refractivity contribution in [3.63, 3.8) is 0 Å². The summed E-state index contributed by atoms with van der Waals surface area (Å²) in [5, 5.41) is 6.97. The number of carbonyl (C=O) groups excluding carboxylic acids is 2. The molecule has 0 aromatic carbocycles. The number of aromatic nitrogens is 2. The van der Waals surface area contributed by atoms with Crippen LogP contribution in [0.2, 0.25) is 0 Å². The number of nitrogens with zero attached hydrogens (tertiary/aromatic N) is 3. The van der Waals surface area contributed by atoms with E-state index in [1.54, 1.807) is 23.2 Å². The van der Waals surface area contributed by atoms with Crippen molar-refractivity contribution < 1.29 is 9.59 Å². The minimum atomic E-state index is -0.539. The molecule has 130 valence electrons. The van der Waals surface area contributed by atoms with Crippen LogP contribution in [0.25, 0.3) is 0 Å². The summed E-state index contributed by atoms with van der Waals surface area (Å²) in [4.78, 5) is 28.1. The maximum atomic E-state index is 13.1. The summed E-state index contributed by atoms with van der Waals surface area (Å²) in [6.45, 7) is 12.9. The number of aromatic amines is 1. The van der Waals surface area contributed by atoms with E-state index in [1.165, 1.54) is 0 Å². The van der Waals surface area contributed by atoms with Crippen LogP contribution >= 0.6 is 0 Å². The molecular formula is C18H26N4O2. The van der Waals surface area contributed by atoms with Gasteiger partial charge in [0.15, 0.2) is 0 Å². The molecule has 1 aliphatic rings. The molecule has 2 rings (SSSR count). The zero-order chi connectivity index (χ0) is 17.7. The lowest BCUT2D eigenvalue weighted by Gasteiger charge is -2.42. The van der Waals surface area contributed by atoms with Crippen LogP contribution in [0.3, 0.4) is 0 Å². The highest BCUT2D eigenvalue weighted by Crippen LogP contribution is 2.33. The van der Waals surface area contributed by atoms with E-state index in [-0.39, 0.29) is 11.9 Å². The molecule has 0 spiro atoms. The van der Waals surface area contributed by atoms with Crippen molar-refractivity contribution in [3.05, 3.63) is 42.8 Å². The van der Waals surface area contributed by atoms with Crippen molar-refractivity contribution in [1.29, 1.82) is 0 Å².